The van der Waals surface area contributed by atoms with Crippen LogP contribution in [0.2, 0.25) is 0 Å². The maximum atomic E-state index is 9.25. The number of anilines is 2. The molecule has 1 heterocycles. The van der Waals surface area contributed by atoms with E-state index >= 15 is 0 Å². The molecule has 0 aliphatic carbocycles. The molecular weight excluding hydrogens is 204 g/mol. The van der Waals surface area contributed by atoms with Crippen LogP contribution in [-0.4, -0.2) is 27.0 Å². The smallest absolute Gasteiger partial charge is 0.148 e. The van der Waals surface area contributed by atoms with Crippen molar-refractivity contribution >= 4 is 11.5 Å². The van der Waals surface area contributed by atoms with Crippen molar-refractivity contribution in [2.75, 3.05) is 17.7 Å². The lowest BCUT2D eigenvalue weighted by Gasteiger charge is -2.26. The van der Waals surface area contributed by atoms with Gasteiger partial charge in [-0.15, -0.1) is 0 Å². The number of nitrogens with one attached hydrogen (secondary N) is 1. The molecule has 0 aromatic carbocycles. The number of aryl methyl sites for hydroxylation is 1. The van der Waals surface area contributed by atoms with Crippen LogP contribution < -0.4 is 11.1 Å². The molecule has 1 aromatic heterocycles. The number of nitrogens with zero attached hydrogens (tertiary/aromatic N) is 2. The molecule has 0 radical (unpaired) electrons. The fraction of sp³-hybridized carbons (Fsp3) is 0.727. The number of aromatic nitrogens is 2. The van der Waals surface area contributed by atoms with Crippen LogP contribution in [0.3, 0.4) is 0 Å². The molecule has 16 heavy (non-hydrogen) atoms. The summed E-state index contributed by atoms with van der Waals surface area (Å²) in [5.41, 5.74) is 7.02. The van der Waals surface area contributed by atoms with Crippen LogP contribution in [0.15, 0.2) is 0 Å². The summed E-state index contributed by atoms with van der Waals surface area (Å²) < 4.78 is 1.85. The van der Waals surface area contributed by atoms with Crippen LogP contribution in [-0.2, 0) is 0 Å². The molecule has 0 fully saturated rings. The Morgan fingerprint density at radius 3 is 2.50 bits per heavy atom. The summed E-state index contributed by atoms with van der Waals surface area (Å²) >= 11 is 0. The highest BCUT2D eigenvalue weighted by Crippen LogP contribution is 2.27. The van der Waals surface area contributed by atoms with Crippen LogP contribution in [0.25, 0.3) is 0 Å². The first-order chi connectivity index (χ1) is 7.28. The SMILES string of the molecule is Cc1nn(C(C)C)c(NC(C)(C)CO)c1N. The van der Waals surface area contributed by atoms with E-state index in [-0.39, 0.29) is 12.6 Å². The Morgan fingerprint density at radius 1 is 1.50 bits per heavy atom. The summed E-state index contributed by atoms with van der Waals surface area (Å²) in [4.78, 5) is 0. The van der Waals surface area contributed by atoms with Crippen LogP contribution >= 0.6 is 0 Å². The van der Waals surface area contributed by atoms with E-state index in [0.29, 0.717) is 5.69 Å². The summed E-state index contributed by atoms with van der Waals surface area (Å²) in [5, 5.41) is 16.9. The number of hydrogen-bond acceptors (Lipinski definition) is 4. The monoisotopic (exact) mass is 226 g/mol. The Balaban J connectivity index is 3.11. The molecule has 0 bridgehead atoms. The normalized spacial score (nSPS) is 12.2. The van der Waals surface area contributed by atoms with Crippen LogP contribution in [0.1, 0.15) is 39.4 Å². The maximum absolute atomic E-state index is 9.25. The molecule has 0 unspecified atom stereocenters. The van der Waals surface area contributed by atoms with Crippen molar-refractivity contribution in [3.05, 3.63) is 5.69 Å². The zero-order chi connectivity index (χ0) is 12.5. The van der Waals surface area contributed by atoms with Crippen LogP contribution in [0.5, 0.6) is 0 Å². The highest BCUT2D eigenvalue weighted by molar-refractivity contribution is 5.65. The number of aliphatic hydroxyl groups is 1. The third-order valence-corrected chi connectivity index (χ3v) is 2.47. The van der Waals surface area contributed by atoms with Crippen molar-refractivity contribution in [1.29, 1.82) is 0 Å². The van der Waals surface area contributed by atoms with Crippen molar-refractivity contribution in [2.45, 2.75) is 46.2 Å². The second-order valence-corrected chi connectivity index (χ2v) is 5.05. The first-order valence-corrected chi connectivity index (χ1v) is 5.52. The van der Waals surface area contributed by atoms with E-state index in [9.17, 15) is 5.11 Å². The highest BCUT2D eigenvalue weighted by atomic mass is 16.3. The molecule has 0 saturated carbocycles. The van der Waals surface area contributed by atoms with E-state index < -0.39 is 5.54 Å². The third kappa shape index (κ3) is 2.47. The van der Waals surface area contributed by atoms with Gasteiger partial charge in [0.25, 0.3) is 0 Å². The van der Waals surface area contributed by atoms with Gasteiger partial charge in [-0.3, -0.25) is 0 Å². The zero-order valence-corrected chi connectivity index (χ0v) is 10.7. The molecule has 0 spiro atoms. The van der Waals surface area contributed by atoms with Gasteiger partial charge in [-0.25, -0.2) is 4.68 Å². The third-order valence-electron chi connectivity index (χ3n) is 2.47. The van der Waals surface area contributed by atoms with Gasteiger partial charge in [0.05, 0.1) is 23.5 Å². The summed E-state index contributed by atoms with van der Waals surface area (Å²) in [6, 6.07) is 0.230. The van der Waals surface area contributed by atoms with Gasteiger partial charge in [-0.2, -0.15) is 5.10 Å². The minimum absolute atomic E-state index is 0.0365. The minimum atomic E-state index is -0.409. The molecule has 1 rings (SSSR count). The largest absolute Gasteiger partial charge is 0.394 e. The lowest BCUT2D eigenvalue weighted by atomic mass is 10.1. The summed E-state index contributed by atoms with van der Waals surface area (Å²) in [5.74, 6) is 0.784. The predicted octanol–water partition coefficient (Wildman–Crippen LogP) is 1.54. The quantitative estimate of drug-likeness (QED) is 0.728. The lowest BCUT2D eigenvalue weighted by molar-refractivity contribution is 0.233. The van der Waals surface area contributed by atoms with Crippen LogP contribution in [0, 0.1) is 6.92 Å². The van der Waals surface area contributed by atoms with E-state index in [1.807, 2.05) is 39.3 Å². The first kappa shape index (κ1) is 12.8. The van der Waals surface area contributed by atoms with Gasteiger partial charge in [-0.1, -0.05) is 0 Å². The summed E-state index contributed by atoms with van der Waals surface area (Å²) in [6.45, 7) is 9.84. The van der Waals surface area contributed by atoms with Gasteiger partial charge in [0.2, 0.25) is 0 Å². The van der Waals surface area contributed by atoms with Crippen molar-refractivity contribution in [3.8, 4) is 0 Å². The van der Waals surface area contributed by atoms with Crippen molar-refractivity contribution < 1.29 is 5.11 Å². The Labute approximate surface area is 96.6 Å². The van der Waals surface area contributed by atoms with Crippen LogP contribution in [0.4, 0.5) is 11.5 Å². The predicted molar refractivity (Wildman–Crippen MR) is 66.5 cm³/mol. The molecule has 0 aliphatic heterocycles. The molecule has 1 aromatic rings. The first-order valence-electron chi connectivity index (χ1n) is 5.52. The summed E-state index contributed by atoms with van der Waals surface area (Å²) in [7, 11) is 0. The number of nitrogens with two attached hydrogens (primary N) is 1. The topological polar surface area (TPSA) is 76.1 Å². The summed E-state index contributed by atoms with van der Waals surface area (Å²) in [6.07, 6.45) is 0. The molecule has 0 amide bonds. The van der Waals surface area contributed by atoms with Crippen molar-refractivity contribution in [2.24, 2.45) is 0 Å². The second kappa shape index (κ2) is 4.33. The molecular formula is C11H22N4O. The van der Waals surface area contributed by atoms with E-state index in [1.54, 1.807) is 0 Å². The van der Waals surface area contributed by atoms with Crippen molar-refractivity contribution in [3.63, 3.8) is 0 Å². The second-order valence-electron chi connectivity index (χ2n) is 5.05. The fourth-order valence-corrected chi connectivity index (χ4v) is 1.42. The standard InChI is InChI=1S/C11H22N4O/c1-7(2)15-10(9(12)8(3)14-15)13-11(4,5)6-16/h7,13,16H,6,12H2,1-5H3. The van der Waals surface area contributed by atoms with Gasteiger partial charge < -0.3 is 16.2 Å². The number of rotatable bonds is 4. The number of hydrogen-bond donors (Lipinski definition) is 3. The molecule has 5 heteroatoms. The lowest BCUT2D eigenvalue weighted by Crippen LogP contribution is -2.36. The van der Waals surface area contributed by atoms with Crippen molar-refractivity contribution in [1.82, 2.24) is 9.78 Å². The molecule has 5 nitrogen and oxygen atoms in total. The van der Waals surface area contributed by atoms with E-state index in [1.165, 1.54) is 0 Å². The molecule has 0 saturated heterocycles. The maximum Gasteiger partial charge on any atom is 0.148 e. The highest BCUT2D eigenvalue weighted by Gasteiger charge is 2.22. The average molecular weight is 226 g/mol. The van der Waals surface area contributed by atoms with E-state index in [2.05, 4.69) is 10.4 Å². The number of aliphatic hydroxyl groups excluding tert-OH is 1. The molecule has 4 N–H and O–H groups in total. The molecule has 0 atom stereocenters. The van der Waals surface area contributed by atoms with Gasteiger partial charge in [-0.05, 0) is 34.6 Å². The van der Waals surface area contributed by atoms with Gasteiger partial charge in [0.1, 0.15) is 5.82 Å². The Morgan fingerprint density at radius 2 is 2.06 bits per heavy atom. The zero-order valence-electron chi connectivity index (χ0n) is 10.7. The molecule has 0 aliphatic rings. The minimum Gasteiger partial charge on any atom is -0.394 e. The Hall–Kier alpha value is -1.23. The van der Waals surface area contributed by atoms with Gasteiger partial charge >= 0.3 is 0 Å². The number of nitrogen functional groups attached to an aromatic ring is 1. The van der Waals surface area contributed by atoms with E-state index in [4.69, 9.17) is 5.73 Å². The van der Waals surface area contributed by atoms with Gasteiger partial charge in [0.15, 0.2) is 0 Å². The Bertz CT molecular complexity index is 368. The average Bonchev–Trinajstić information content (AvgIpc) is 2.46. The fourth-order valence-electron chi connectivity index (χ4n) is 1.42. The van der Waals surface area contributed by atoms with Gasteiger partial charge in [0, 0.05) is 6.04 Å². The van der Waals surface area contributed by atoms with E-state index in [0.717, 1.165) is 11.5 Å². The Kier molecular flexibility index (Phi) is 3.48. The molecule has 92 valence electrons.